The second kappa shape index (κ2) is 6.15. The zero-order chi connectivity index (χ0) is 17.4. The summed E-state index contributed by atoms with van der Waals surface area (Å²) in [6.45, 7) is 6.20. The first-order valence-corrected chi connectivity index (χ1v) is 8.21. The largest absolute Gasteiger partial charge is 0.264 e. The first-order valence-electron chi connectivity index (χ1n) is 7.83. The molecule has 0 N–H and O–H groups in total. The number of halogens is 1. The Morgan fingerprint density at radius 1 is 1.16 bits per heavy atom. The Hall–Kier alpha value is -2.98. The molecule has 122 valence electrons. The van der Waals surface area contributed by atoms with Crippen molar-refractivity contribution in [2.75, 3.05) is 0 Å². The third kappa shape index (κ3) is 2.81. The van der Waals surface area contributed by atoms with Crippen LogP contribution in [-0.2, 0) is 0 Å². The first-order chi connectivity index (χ1) is 12.1. The Balaban J connectivity index is 1.84. The van der Waals surface area contributed by atoms with Gasteiger partial charge in [0.05, 0.1) is 16.7 Å². The van der Waals surface area contributed by atoms with Gasteiger partial charge in [0.25, 0.3) is 0 Å². The highest BCUT2D eigenvalue weighted by Gasteiger charge is 2.11. The van der Waals surface area contributed by atoms with Crippen LogP contribution >= 0.6 is 11.6 Å². The van der Waals surface area contributed by atoms with Crippen molar-refractivity contribution in [2.24, 2.45) is 0 Å². The van der Waals surface area contributed by atoms with E-state index < -0.39 is 0 Å². The quantitative estimate of drug-likeness (QED) is 0.534. The molecule has 0 fully saturated rings. The summed E-state index contributed by atoms with van der Waals surface area (Å²) in [7, 11) is 0. The molecule has 4 aromatic rings. The summed E-state index contributed by atoms with van der Waals surface area (Å²) in [5.74, 6) is 0. The van der Waals surface area contributed by atoms with Crippen LogP contribution in [0.3, 0.4) is 0 Å². The normalized spacial score (nSPS) is 11.0. The van der Waals surface area contributed by atoms with Crippen LogP contribution in [0.1, 0.15) is 16.8 Å². The fourth-order valence-corrected chi connectivity index (χ4v) is 3.04. The van der Waals surface area contributed by atoms with E-state index in [2.05, 4.69) is 27.7 Å². The molecule has 0 aromatic carbocycles. The van der Waals surface area contributed by atoms with Gasteiger partial charge in [-0.25, -0.2) is 4.52 Å². The number of aryl methyl sites for hydroxylation is 1. The van der Waals surface area contributed by atoms with Crippen LogP contribution < -0.4 is 0 Å². The van der Waals surface area contributed by atoms with Crippen LogP contribution in [0, 0.1) is 6.92 Å². The van der Waals surface area contributed by atoms with Crippen LogP contribution in [0.2, 0.25) is 5.02 Å². The lowest BCUT2D eigenvalue weighted by atomic mass is 9.98. The maximum Gasteiger partial charge on any atom is 0.0746 e. The summed E-state index contributed by atoms with van der Waals surface area (Å²) >= 11 is 6.11. The molecule has 25 heavy (non-hydrogen) atoms. The van der Waals surface area contributed by atoms with E-state index in [9.17, 15) is 0 Å². The van der Waals surface area contributed by atoms with Crippen molar-refractivity contribution >= 4 is 22.7 Å². The Labute approximate surface area is 150 Å². The minimum absolute atomic E-state index is 0.600. The van der Waals surface area contributed by atoms with Gasteiger partial charge in [0.15, 0.2) is 0 Å². The van der Waals surface area contributed by atoms with Gasteiger partial charge in [-0.05, 0) is 42.3 Å². The maximum absolute atomic E-state index is 6.11. The molecule has 0 amide bonds. The molecule has 0 spiro atoms. The third-order valence-electron chi connectivity index (χ3n) is 4.22. The van der Waals surface area contributed by atoms with Crippen molar-refractivity contribution in [3.63, 3.8) is 0 Å². The smallest absolute Gasteiger partial charge is 0.0746 e. The van der Waals surface area contributed by atoms with Crippen molar-refractivity contribution in [1.29, 1.82) is 0 Å². The minimum Gasteiger partial charge on any atom is -0.264 e. The molecule has 4 aromatic heterocycles. The van der Waals surface area contributed by atoms with Crippen LogP contribution in [-0.4, -0.2) is 19.6 Å². The van der Waals surface area contributed by atoms with Gasteiger partial charge in [-0.1, -0.05) is 24.2 Å². The molecule has 0 aliphatic heterocycles. The zero-order valence-corrected chi connectivity index (χ0v) is 14.4. The van der Waals surface area contributed by atoms with E-state index in [1.165, 1.54) is 0 Å². The summed E-state index contributed by atoms with van der Waals surface area (Å²) in [5.41, 5.74) is 6.79. The monoisotopic (exact) mass is 346 g/mol. The zero-order valence-electron chi connectivity index (χ0n) is 13.6. The molecule has 0 radical (unpaired) electrons. The Bertz CT molecular complexity index is 1080. The molecule has 0 saturated heterocycles. The maximum atomic E-state index is 6.11. The van der Waals surface area contributed by atoms with E-state index in [0.29, 0.717) is 5.02 Å². The number of fused-ring (bicyclic) bond motifs is 1. The molecular weight excluding hydrogens is 332 g/mol. The lowest BCUT2D eigenvalue weighted by molar-refractivity contribution is 0.960. The van der Waals surface area contributed by atoms with Gasteiger partial charge in [0, 0.05) is 47.2 Å². The minimum atomic E-state index is 0.600. The molecule has 0 bridgehead atoms. The Morgan fingerprint density at radius 3 is 2.84 bits per heavy atom. The van der Waals surface area contributed by atoms with E-state index in [0.717, 1.165) is 39.0 Å². The number of pyridine rings is 3. The van der Waals surface area contributed by atoms with Crippen molar-refractivity contribution in [3.8, 4) is 11.1 Å². The van der Waals surface area contributed by atoms with E-state index in [4.69, 9.17) is 11.6 Å². The van der Waals surface area contributed by atoms with Gasteiger partial charge in [0.1, 0.15) is 0 Å². The molecule has 0 atom stereocenters. The van der Waals surface area contributed by atoms with E-state index in [-0.39, 0.29) is 0 Å². The fourth-order valence-electron chi connectivity index (χ4n) is 2.88. The Kier molecular flexibility index (Phi) is 3.82. The van der Waals surface area contributed by atoms with Gasteiger partial charge >= 0.3 is 0 Å². The average molecular weight is 347 g/mol. The molecule has 0 saturated carbocycles. The fraction of sp³-hybridized carbons (Fsp3) is 0.0500. The van der Waals surface area contributed by atoms with Gasteiger partial charge in [0.2, 0.25) is 0 Å². The van der Waals surface area contributed by atoms with Gasteiger partial charge in [-0.15, -0.1) is 0 Å². The van der Waals surface area contributed by atoms with E-state index in [1.54, 1.807) is 12.4 Å². The number of hydrogen-bond donors (Lipinski definition) is 0. The van der Waals surface area contributed by atoms with E-state index >= 15 is 0 Å². The molecule has 0 unspecified atom stereocenters. The summed E-state index contributed by atoms with van der Waals surface area (Å²) < 4.78 is 1.85. The van der Waals surface area contributed by atoms with Crippen molar-refractivity contribution < 1.29 is 0 Å². The predicted octanol–water partition coefficient (Wildman–Crippen LogP) is 4.81. The number of nitrogens with zero attached hydrogens (tertiary/aromatic N) is 4. The van der Waals surface area contributed by atoms with Crippen LogP contribution in [0.25, 0.3) is 22.2 Å². The van der Waals surface area contributed by atoms with Crippen molar-refractivity contribution in [1.82, 2.24) is 19.6 Å². The molecular formula is C20H15ClN4. The summed E-state index contributed by atoms with van der Waals surface area (Å²) in [6, 6.07) is 9.92. The number of hydrogen-bond acceptors (Lipinski definition) is 3. The second-order valence-corrected chi connectivity index (χ2v) is 6.25. The summed E-state index contributed by atoms with van der Waals surface area (Å²) in [5, 5.41) is 5.03. The summed E-state index contributed by atoms with van der Waals surface area (Å²) in [4.78, 5) is 8.52. The molecule has 4 rings (SSSR count). The van der Waals surface area contributed by atoms with Gasteiger partial charge < -0.3 is 0 Å². The first kappa shape index (κ1) is 15.5. The second-order valence-electron chi connectivity index (χ2n) is 5.81. The SMILES string of the molecule is C=C(c1ccn2ncc(-c3cccnc3)c2c1)c1cc(Cl)cnc1C. The van der Waals surface area contributed by atoms with Gasteiger partial charge in [-0.2, -0.15) is 5.10 Å². The molecule has 5 heteroatoms. The van der Waals surface area contributed by atoms with Crippen molar-refractivity contribution in [2.45, 2.75) is 6.92 Å². The van der Waals surface area contributed by atoms with Crippen LogP contribution in [0.5, 0.6) is 0 Å². The van der Waals surface area contributed by atoms with Crippen LogP contribution in [0.4, 0.5) is 0 Å². The number of aromatic nitrogens is 4. The standard InChI is InChI=1S/C20H15ClN4/c1-13(18-9-17(21)11-23-14(18)2)15-5-7-25-20(8-15)19(12-24-25)16-4-3-6-22-10-16/h3-12H,1H2,2H3. The predicted molar refractivity (Wildman–Crippen MR) is 101 cm³/mol. The number of rotatable bonds is 3. The highest BCUT2D eigenvalue weighted by molar-refractivity contribution is 6.30. The highest BCUT2D eigenvalue weighted by Crippen LogP contribution is 2.29. The molecule has 4 heterocycles. The molecule has 0 aliphatic rings. The van der Waals surface area contributed by atoms with E-state index in [1.807, 2.05) is 54.3 Å². The van der Waals surface area contributed by atoms with Crippen LogP contribution in [0.15, 0.2) is 67.9 Å². The molecule has 4 nitrogen and oxygen atoms in total. The van der Waals surface area contributed by atoms with Crippen molar-refractivity contribution in [3.05, 3.63) is 89.7 Å². The average Bonchev–Trinajstić information content (AvgIpc) is 3.07. The summed E-state index contributed by atoms with van der Waals surface area (Å²) in [6.07, 6.45) is 9.03. The molecule has 0 aliphatic carbocycles. The highest BCUT2D eigenvalue weighted by atomic mass is 35.5. The third-order valence-corrected chi connectivity index (χ3v) is 4.43. The van der Waals surface area contributed by atoms with Gasteiger partial charge in [-0.3, -0.25) is 9.97 Å². The lowest BCUT2D eigenvalue weighted by Gasteiger charge is -2.10. The topological polar surface area (TPSA) is 43.1 Å². The lowest BCUT2D eigenvalue weighted by Crippen LogP contribution is -1.95. The Morgan fingerprint density at radius 2 is 2.04 bits per heavy atom.